The van der Waals surface area contributed by atoms with E-state index in [-0.39, 0.29) is 22.6 Å². The lowest BCUT2D eigenvalue weighted by Crippen LogP contribution is -2.50. The van der Waals surface area contributed by atoms with Crippen LogP contribution in [0.5, 0.6) is 5.75 Å². The highest BCUT2D eigenvalue weighted by molar-refractivity contribution is 5.97. The Kier molecular flexibility index (Phi) is 5.52. The quantitative estimate of drug-likeness (QED) is 0.432. The molecule has 1 amide bonds. The lowest BCUT2D eigenvalue weighted by molar-refractivity contribution is -0.266. The maximum Gasteiger partial charge on any atom is 0.417 e. The summed E-state index contributed by atoms with van der Waals surface area (Å²) in [6.45, 7) is 2.78. The van der Waals surface area contributed by atoms with Gasteiger partial charge in [-0.1, -0.05) is 19.9 Å². The Balaban J connectivity index is 1.98. The standard InChI is InChI=1S/C22H22F4N2O3/c1-20(2,16-9-14(23)5-6-18(16)29)11-21(31,22(24,25)26)10-15-7-12-3-4-13(19(27)30)8-17(12)28-15/h3-9,28-29,31H,10-11H2,1-2H3,(H2,27,30). The third kappa shape index (κ3) is 4.51. The van der Waals surface area contributed by atoms with Gasteiger partial charge in [0.2, 0.25) is 5.91 Å². The first-order valence-electron chi connectivity index (χ1n) is 9.41. The van der Waals surface area contributed by atoms with Crippen LogP contribution in [0.25, 0.3) is 10.9 Å². The molecular weight excluding hydrogens is 416 g/mol. The number of primary amides is 1. The molecule has 0 aliphatic rings. The Labute approximate surface area is 175 Å². The summed E-state index contributed by atoms with van der Waals surface area (Å²) in [6.07, 6.45) is -6.65. The first-order valence-corrected chi connectivity index (χ1v) is 9.41. The van der Waals surface area contributed by atoms with Crippen molar-refractivity contribution in [3.05, 3.63) is 65.1 Å². The molecule has 0 fully saturated rings. The van der Waals surface area contributed by atoms with Crippen molar-refractivity contribution in [3.8, 4) is 5.75 Å². The Morgan fingerprint density at radius 3 is 2.39 bits per heavy atom. The molecule has 3 rings (SSSR count). The van der Waals surface area contributed by atoms with Gasteiger partial charge in [-0.2, -0.15) is 13.2 Å². The second-order valence-electron chi connectivity index (χ2n) is 8.39. The van der Waals surface area contributed by atoms with E-state index in [1.54, 1.807) is 0 Å². The van der Waals surface area contributed by atoms with Gasteiger partial charge < -0.3 is 20.9 Å². The SMILES string of the molecule is CC(C)(CC(O)(Cc1cc2ccc(C(N)=O)cc2[nH]1)C(F)(F)F)c1cc(F)ccc1O. The van der Waals surface area contributed by atoms with Crippen LogP contribution in [0.2, 0.25) is 0 Å². The molecule has 1 atom stereocenters. The molecule has 1 heterocycles. The molecule has 3 aromatic rings. The minimum atomic E-state index is -5.01. The fourth-order valence-electron chi connectivity index (χ4n) is 3.89. The second-order valence-corrected chi connectivity index (χ2v) is 8.39. The number of H-pyrrole nitrogens is 1. The molecule has 0 aliphatic heterocycles. The zero-order valence-corrected chi connectivity index (χ0v) is 16.8. The summed E-state index contributed by atoms with van der Waals surface area (Å²) in [7, 11) is 0. The third-order valence-electron chi connectivity index (χ3n) is 5.40. The van der Waals surface area contributed by atoms with Crippen molar-refractivity contribution < 1.29 is 32.6 Å². The molecule has 166 valence electrons. The predicted molar refractivity (Wildman–Crippen MR) is 107 cm³/mol. The number of nitrogens with one attached hydrogen (secondary N) is 1. The number of carbonyl (C=O) groups is 1. The van der Waals surface area contributed by atoms with Crippen LogP contribution < -0.4 is 5.73 Å². The minimum Gasteiger partial charge on any atom is -0.508 e. The molecule has 0 bridgehead atoms. The van der Waals surface area contributed by atoms with E-state index in [1.807, 2.05) is 0 Å². The van der Waals surface area contributed by atoms with Gasteiger partial charge in [0.15, 0.2) is 5.60 Å². The number of phenols is 1. The van der Waals surface area contributed by atoms with E-state index in [4.69, 9.17) is 5.73 Å². The van der Waals surface area contributed by atoms with Crippen LogP contribution >= 0.6 is 0 Å². The van der Waals surface area contributed by atoms with Crippen LogP contribution in [0.15, 0.2) is 42.5 Å². The molecule has 9 heteroatoms. The molecule has 5 N–H and O–H groups in total. The molecule has 31 heavy (non-hydrogen) atoms. The second kappa shape index (κ2) is 7.56. The number of aliphatic hydroxyl groups is 1. The largest absolute Gasteiger partial charge is 0.508 e. The fraction of sp³-hybridized carbons (Fsp3) is 0.318. The minimum absolute atomic E-state index is 0.0436. The summed E-state index contributed by atoms with van der Waals surface area (Å²) in [5, 5.41) is 21.3. The molecule has 5 nitrogen and oxygen atoms in total. The summed E-state index contributed by atoms with van der Waals surface area (Å²) < 4.78 is 55.6. The molecule has 0 aliphatic carbocycles. The third-order valence-corrected chi connectivity index (χ3v) is 5.40. The highest BCUT2D eigenvalue weighted by atomic mass is 19.4. The van der Waals surface area contributed by atoms with Gasteiger partial charge in [0, 0.05) is 28.8 Å². The number of alkyl halides is 3. The van der Waals surface area contributed by atoms with Crippen LogP contribution in [0.1, 0.15) is 41.9 Å². The van der Waals surface area contributed by atoms with Gasteiger partial charge in [-0.05, 0) is 53.6 Å². The lowest BCUT2D eigenvalue weighted by Gasteiger charge is -2.38. The van der Waals surface area contributed by atoms with Crippen LogP contribution in [0.4, 0.5) is 17.6 Å². The number of carbonyl (C=O) groups excluding carboxylic acids is 1. The van der Waals surface area contributed by atoms with E-state index in [1.165, 1.54) is 38.1 Å². The number of fused-ring (bicyclic) bond motifs is 1. The Morgan fingerprint density at radius 1 is 1.10 bits per heavy atom. The van der Waals surface area contributed by atoms with Gasteiger partial charge in [-0.3, -0.25) is 4.79 Å². The maximum absolute atomic E-state index is 14.0. The number of hydrogen-bond donors (Lipinski definition) is 4. The van der Waals surface area contributed by atoms with Gasteiger partial charge in [-0.15, -0.1) is 0 Å². The lowest BCUT2D eigenvalue weighted by atomic mass is 9.73. The van der Waals surface area contributed by atoms with Crippen molar-refractivity contribution in [2.45, 2.75) is 43.9 Å². The van der Waals surface area contributed by atoms with Gasteiger partial charge >= 0.3 is 6.18 Å². The van der Waals surface area contributed by atoms with Gasteiger partial charge in [0.1, 0.15) is 11.6 Å². The molecule has 1 aromatic heterocycles. The van der Waals surface area contributed by atoms with E-state index in [2.05, 4.69) is 4.98 Å². The van der Waals surface area contributed by atoms with Gasteiger partial charge in [0.25, 0.3) is 0 Å². The van der Waals surface area contributed by atoms with E-state index in [0.29, 0.717) is 10.9 Å². The van der Waals surface area contributed by atoms with Gasteiger partial charge in [0.05, 0.1) is 0 Å². The number of nitrogens with two attached hydrogens (primary N) is 1. The van der Waals surface area contributed by atoms with E-state index in [9.17, 15) is 32.6 Å². The summed E-state index contributed by atoms with van der Waals surface area (Å²) in [5.41, 5.74) is 1.28. The zero-order valence-electron chi connectivity index (χ0n) is 16.8. The Morgan fingerprint density at radius 2 is 1.77 bits per heavy atom. The fourth-order valence-corrected chi connectivity index (χ4v) is 3.89. The van der Waals surface area contributed by atoms with Crippen LogP contribution in [0.3, 0.4) is 0 Å². The van der Waals surface area contributed by atoms with Gasteiger partial charge in [-0.25, -0.2) is 4.39 Å². The highest BCUT2D eigenvalue weighted by Crippen LogP contribution is 2.45. The number of phenolic OH excluding ortho intramolecular Hbond substituents is 1. The number of aromatic nitrogens is 1. The molecule has 2 aromatic carbocycles. The van der Waals surface area contributed by atoms with E-state index in [0.717, 1.165) is 18.2 Å². The average Bonchev–Trinajstić information content (AvgIpc) is 3.03. The monoisotopic (exact) mass is 438 g/mol. The molecular formula is C22H22F4N2O3. The van der Waals surface area contributed by atoms with Crippen LogP contribution in [0, 0.1) is 5.82 Å². The van der Waals surface area contributed by atoms with Crippen LogP contribution in [-0.4, -0.2) is 32.9 Å². The Hall–Kier alpha value is -3.07. The topological polar surface area (TPSA) is 99.3 Å². The number of aromatic hydroxyl groups is 1. The van der Waals surface area contributed by atoms with Crippen molar-refractivity contribution in [2.75, 3.05) is 0 Å². The normalized spacial score (nSPS) is 14.5. The van der Waals surface area contributed by atoms with Crippen molar-refractivity contribution in [2.24, 2.45) is 5.73 Å². The maximum atomic E-state index is 14.0. The smallest absolute Gasteiger partial charge is 0.417 e. The summed E-state index contributed by atoms with van der Waals surface area (Å²) in [4.78, 5) is 14.1. The molecule has 0 radical (unpaired) electrons. The number of halogens is 4. The summed E-state index contributed by atoms with van der Waals surface area (Å²) in [6, 6.07) is 8.88. The number of rotatable bonds is 6. The zero-order chi connectivity index (χ0) is 23.2. The number of hydrogen-bond acceptors (Lipinski definition) is 3. The summed E-state index contributed by atoms with van der Waals surface area (Å²) >= 11 is 0. The predicted octanol–water partition coefficient (Wildman–Crippen LogP) is 4.32. The summed E-state index contributed by atoms with van der Waals surface area (Å²) in [5.74, 6) is -1.75. The van der Waals surface area contributed by atoms with Crippen molar-refractivity contribution in [1.29, 1.82) is 0 Å². The molecule has 0 saturated heterocycles. The van der Waals surface area contributed by atoms with E-state index < -0.39 is 41.8 Å². The number of amides is 1. The first-order chi connectivity index (χ1) is 14.2. The van der Waals surface area contributed by atoms with E-state index >= 15 is 0 Å². The molecule has 0 spiro atoms. The average molecular weight is 438 g/mol. The number of aromatic amines is 1. The van der Waals surface area contributed by atoms with Crippen LogP contribution in [-0.2, 0) is 11.8 Å². The van der Waals surface area contributed by atoms with Crippen molar-refractivity contribution in [1.82, 2.24) is 4.98 Å². The Bertz CT molecular complexity index is 1140. The van der Waals surface area contributed by atoms with Crippen molar-refractivity contribution >= 4 is 16.8 Å². The highest BCUT2D eigenvalue weighted by Gasteiger charge is 2.56. The first kappa shape index (κ1) is 22.6. The molecule has 1 unspecified atom stereocenters. The molecule has 0 saturated carbocycles. The van der Waals surface area contributed by atoms with Crippen molar-refractivity contribution in [3.63, 3.8) is 0 Å². The number of benzene rings is 2.